The van der Waals surface area contributed by atoms with Gasteiger partial charge >= 0.3 is 13.3 Å². The normalized spacial score (nSPS) is 20.3. The van der Waals surface area contributed by atoms with Crippen molar-refractivity contribution in [3.8, 4) is 0 Å². The highest BCUT2D eigenvalue weighted by molar-refractivity contribution is 6.55. The number of hydrogen-bond acceptors (Lipinski definition) is 3. The summed E-state index contributed by atoms with van der Waals surface area (Å²) in [6.07, 6.45) is -4.27. The zero-order chi connectivity index (χ0) is 19.8. The molecule has 0 N–H and O–H groups in total. The van der Waals surface area contributed by atoms with Crippen LogP contribution < -0.4 is 0 Å². The van der Waals surface area contributed by atoms with E-state index in [9.17, 15) is 13.2 Å². The fourth-order valence-electron chi connectivity index (χ4n) is 2.55. The van der Waals surface area contributed by atoms with E-state index in [0.717, 1.165) is 12.1 Å². The Morgan fingerprint density at radius 2 is 1.54 bits per heavy atom. The predicted molar refractivity (Wildman–Crippen MR) is 92.0 cm³/mol. The lowest BCUT2D eigenvalue weighted by molar-refractivity contribution is -0.137. The fourth-order valence-corrected chi connectivity index (χ4v) is 2.55. The van der Waals surface area contributed by atoms with Crippen molar-refractivity contribution in [1.29, 1.82) is 0 Å². The minimum Gasteiger partial charge on any atom is -0.398 e. The van der Waals surface area contributed by atoms with Crippen LogP contribution in [0.25, 0.3) is 5.57 Å². The van der Waals surface area contributed by atoms with Crippen molar-refractivity contribution >= 4 is 12.7 Å². The van der Waals surface area contributed by atoms with Gasteiger partial charge < -0.3 is 14.0 Å². The van der Waals surface area contributed by atoms with Crippen LogP contribution in [0.2, 0.25) is 0 Å². The molecular formula is C18H23BF4O3. The third-order valence-corrected chi connectivity index (χ3v) is 4.87. The van der Waals surface area contributed by atoms with Gasteiger partial charge in [-0.25, -0.2) is 4.39 Å². The number of hydrogen-bond donors (Lipinski definition) is 0. The molecule has 0 atom stereocenters. The molecule has 1 aliphatic rings. The van der Waals surface area contributed by atoms with Crippen molar-refractivity contribution in [2.75, 3.05) is 13.7 Å². The molecule has 0 aliphatic carbocycles. The SMILES string of the molecule is COCCC(=C(F)B1OC(C)(C)C(C)(C)O1)c1ccc(C(F)(F)F)cc1. The van der Waals surface area contributed by atoms with E-state index in [-0.39, 0.29) is 18.6 Å². The van der Waals surface area contributed by atoms with E-state index in [1.54, 1.807) is 27.7 Å². The second kappa shape index (κ2) is 7.33. The molecule has 1 aromatic carbocycles. The maximum absolute atomic E-state index is 15.2. The summed E-state index contributed by atoms with van der Waals surface area (Å²) in [5, 5.41) is 0. The van der Waals surface area contributed by atoms with E-state index in [1.807, 2.05) is 0 Å². The lowest BCUT2D eigenvalue weighted by Crippen LogP contribution is -2.41. The topological polar surface area (TPSA) is 27.7 Å². The number of methoxy groups -OCH3 is 1. The molecule has 1 aromatic rings. The Morgan fingerprint density at radius 1 is 1.04 bits per heavy atom. The first-order valence-electron chi connectivity index (χ1n) is 8.30. The van der Waals surface area contributed by atoms with Gasteiger partial charge in [0, 0.05) is 7.11 Å². The maximum Gasteiger partial charge on any atom is 0.525 e. The molecule has 2 rings (SSSR count). The highest BCUT2D eigenvalue weighted by Gasteiger charge is 2.53. The summed E-state index contributed by atoms with van der Waals surface area (Å²) in [5.74, 6) is 0. The van der Waals surface area contributed by atoms with E-state index in [1.165, 1.54) is 19.2 Å². The number of alkyl halides is 3. The Morgan fingerprint density at radius 3 is 1.96 bits per heavy atom. The van der Waals surface area contributed by atoms with Crippen LogP contribution in [0.3, 0.4) is 0 Å². The zero-order valence-electron chi connectivity index (χ0n) is 15.5. The van der Waals surface area contributed by atoms with Crippen LogP contribution in [0, 0.1) is 0 Å². The zero-order valence-corrected chi connectivity index (χ0v) is 15.5. The second-order valence-electron chi connectivity index (χ2n) is 7.23. The van der Waals surface area contributed by atoms with Crippen molar-refractivity contribution in [3.05, 3.63) is 41.1 Å². The smallest absolute Gasteiger partial charge is 0.398 e. The molecule has 1 heterocycles. The molecule has 1 saturated heterocycles. The summed E-state index contributed by atoms with van der Waals surface area (Å²) in [7, 11) is 0.256. The Hall–Kier alpha value is -1.38. The molecule has 8 heteroatoms. The molecular weight excluding hydrogens is 351 g/mol. The molecule has 0 bridgehead atoms. The Kier molecular flexibility index (Phi) is 5.90. The standard InChI is InChI=1S/C18H23BF4O3/c1-16(2)17(3,4)26-19(25-16)15(20)14(10-11-24-5)12-6-8-13(9-7-12)18(21,22)23/h6-9H,10-11H2,1-5H3. The summed E-state index contributed by atoms with van der Waals surface area (Å²) in [6.45, 7) is 7.41. The van der Waals surface area contributed by atoms with Crippen LogP contribution in [0.15, 0.2) is 30.0 Å². The highest BCUT2D eigenvalue weighted by Crippen LogP contribution is 2.41. The summed E-state index contributed by atoms with van der Waals surface area (Å²) < 4.78 is 69.8. The first kappa shape index (κ1) is 20.9. The van der Waals surface area contributed by atoms with E-state index < -0.39 is 35.8 Å². The van der Waals surface area contributed by atoms with E-state index in [2.05, 4.69) is 0 Å². The van der Waals surface area contributed by atoms with Gasteiger partial charge in [0.05, 0.1) is 23.4 Å². The van der Waals surface area contributed by atoms with Crippen molar-refractivity contribution in [3.63, 3.8) is 0 Å². The molecule has 0 saturated carbocycles. The van der Waals surface area contributed by atoms with Crippen LogP contribution >= 0.6 is 0 Å². The Bertz CT molecular complexity index is 650. The van der Waals surface area contributed by atoms with Crippen LogP contribution in [0.1, 0.15) is 45.2 Å². The highest BCUT2D eigenvalue weighted by atomic mass is 19.4. The molecule has 0 amide bonds. The summed E-state index contributed by atoms with van der Waals surface area (Å²) in [5.41, 5.74) is -2.34. The van der Waals surface area contributed by atoms with Gasteiger partial charge in [-0.3, -0.25) is 0 Å². The molecule has 1 aliphatic heterocycles. The van der Waals surface area contributed by atoms with Crippen molar-refractivity contribution in [1.82, 2.24) is 0 Å². The van der Waals surface area contributed by atoms with Gasteiger partial charge in [0.15, 0.2) is 0 Å². The third-order valence-electron chi connectivity index (χ3n) is 4.87. The molecule has 0 radical (unpaired) electrons. The molecule has 3 nitrogen and oxygen atoms in total. The van der Waals surface area contributed by atoms with Crippen LogP contribution in [-0.4, -0.2) is 32.0 Å². The van der Waals surface area contributed by atoms with Crippen molar-refractivity contribution < 1.29 is 31.6 Å². The summed E-state index contributed by atoms with van der Waals surface area (Å²) in [6, 6.07) is 4.36. The molecule has 26 heavy (non-hydrogen) atoms. The van der Waals surface area contributed by atoms with Gasteiger partial charge in [0.1, 0.15) is 5.73 Å². The van der Waals surface area contributed by atoms with Gasteiger partial charge in [-0.05, 0) is 57.4 Å². The summed E-state index contributed by atoms with van der Waals surface area (Å²) >= 11 is 0. The largest absolute Gasteiger partial charge is 0.525 e. The number of rotatable bonds is 5. The predicted octanol–water partition coefficient (Wildman–Crippen LogP) is 5.05. The Balaban J connectivity index is 2.39. The minimum absolute atomic E-state index is 0.178. The average Bonchev–Trinajstić information content (AvgIpc) is 2.75. The molecule has 0 unspecified atom stereocenters. The Labute approximate surface area is 151 Å². The van der Waals surface area contributed by atoms with Crippen LogP contribution in [0.5, 0.6) is 0 Å². The van der Waals surface area contributed by atoms with Gasteiger partial charge in [-0.1, -0.05) is 12.1 Å². The number of halogens is 4. The number of benzene rings is 1. The first-order chi connectivity index (χ1) is 11.9. The lowest BCUT2D eigenvalue weighted by Gasteiger charge is -2.32. The monoisotopic (exact) mass is 374 g/mol. The first-order valence-corrected chi connectivity index (χ1v) is 8.30. The minimum atomic E-state index is -4.45. The van der Waals surface area contributed by atoms with E-state index in [0.29, 0.717) is 5.56 Å². The average molecular weight is 374 g/mol. The van der Waals surface area contributed by atoms with Crippen LogP contribution in [-0.2, 0) is 20.2 Å². The van der Waals surface area contributed by atoms with Gasteiger partial charge in [-0.2, -0.15) is 13.2 Å². The third kappa shape index (κ3) is 4.30. The molecule has 0 spiro atoms. The van der Waals surface area contributed by atoms with Gasteiger partial charge in [0.2, 0.25) is 0 Å². The molecule has 144 valence electrons. The maximum atomic E-state index is 15.2. The second-order valence-corrected chi connectivity index (χ2v) is 7.23. The quantitative estimate of drug-likeness (QED) is 0.533. The lowest BCUT2D eigenvalue weighted by atomic mass is 9.81. The van der Waals surface area contributed by atoms with E-state index in [4.69, 9.17) is 14.0 Å². The van der Waals surface area contributed by atoms with Crippen molar-refractivity contribution in [2.45, 2.75) is 51.5 Å². The van der Waals surface area contributed by atoms with Crippen molar-refractivity contribution in [2.24, 2.45) is 0 Å². The summed E-state index contributed by atoms with van der Waals surface area (Å²) in [4.78, 5) is 0. The number of ether oxygens (including phenoxy) is 1. The molecule has 0 aromatic heterocycles. The van der Waals surface area contributed by atoms with E-state index >= 15 is 4.39 Å². The van der Waals surface area contributed by atoms with Crippen LogP contribution in [0.4, 0.5) is 17.6 Å². The fraction of sp³-hybridized carbons (Fsp3) is 0.556. The van der Waals surface area contributed by atoms with Gasteiger partial charge in [0.25, 0.3) is 0 Å². The molecule has 1 fully saturated rings. The van der Waals surface area contributed by atoms with Gasteiger partial charge in [-0.15, -0.1) is 0 Å².